The summed E-state index contributed by atoms with van der Waals surface area (Å²) in [5.41, 5.74) is 6.90. The van der Waals surface area contributed by atoms with Crippen LogP contribution in [0.5, 0.6) is 0 Å². The van der Waals surface area contributed by atoms with Crippen LogP contribution in [0.25, 0.3) is 11.1 Å². The molecule has 1 aliphatic rings. The van der Waals surface area contributed by atoms with E-state index in [2.05, 4.69) is 63.7 Å². The zero-order valence-electron chi connectivity index (χ0n) is 27.5. The third-order valence-corrected chi connectivity index (χ3v) is 9.46. The molecule has 0 unspecified atom stereocenters. The number of imidazole rings is 1. The summed E-state index contributed by atoms with van der Waals surface area (Å²) in [5, 5.41) is 16.0. The van der Waals surface area contributed by atoms with Crippen molar-refractivity contribution in [2.45, 2.75) is 30.3 Å². The molecule has 0 saturated carbocycles. The van der Waals surface area contributed by atoms with E-state index >= 15 is 0 Å². The van der Waals surface area contributed by atoms with E-state index in [1.807, 2.05) is 97.2 Å². The number of ether oxygens (including phenoxy) is 1. The van der Waals surface area contributed by atoms with Crippen LogP contribution in [0.4, 0.5) is 10.7 Å². The van der Waals surface area contributed by atoms with Crippen LogP contribution in [-0.4, -0.2) is 45.9 Å². The van der Waals surface area contributed by atoms with Crippen molar-refractivity contribution >= 4 is 18.0 Å². The normalized spacial score (nSPS) is 12.8. The van der Waals surface area contributed by atoms with Gasteiger partial charge in [-0.05, 0) is 51.8 Å². The molecule has 3 N–H and O–H groups in total. The van der Waals surface area contributed by atoms with Gasteiger partial charge in [-0.15, -0.1) is 0 Å². The van der Waals surface area contributed by atoms with E-state index in [1.165, 1.54) is 0 Å². The average Bonchev–Trinajstić information content (AvgIpc) is 3.76. The minimum atomic E-state index is -1.11. The van der Waals surface area contributed by atoms with E-state index in [1.54, 1.807) is 6.20 Å². The van der Waals surface area contributed by atoms with Gasteiger partial charge >= 0.3 is 12.1 Å². The highest BCUT2D eigenvalue weighted by atomic mass is 16.5. The van der Waals surface area contributed by atoms with E-state index in [0.717, 1.165) is 38.9 Å². The zero-order valence-corrected chi connectivity index (χ0v) is 27.5. The minimum Gasteiger partial charge on any atom is -0.480 e. The third-order valence-electron chi connectivity index (χ3n) is 9.46. The summed E-state index contributed by atoms with van der Waals surface area (Å²) in [5.74, 6) is -0.590. The first-order chi connectivity index (χ1) is 24.6. The fraction of sp³-hybridized carbons (Fsp3) is 0.167. The maximum Gasteiger partial charge on any atom is 0.407 e. The molecule has 1 aliphatic carbocycles. The Balaban J connectivity index is 1.04. The van der Waals surface area contributed by atoms with Crippen molar-refractivity contribution in [3.8, 4) is 11.1 Å². The number of rotatable bonds is 13. The molecule has 0 fully saturated rings. The SMILES string of the molecule is O=C(N[C@@H](CCCNc1nccn1C(c1ccccc1)(c1ccccc1)c1ccccc1)C(=O)O)OCC1c2ccccc2-c2ccccc21. The molecule has 0 spiro atoms. The van der Waals surface area contributed by atoms with Gasteiger partial charge < -0.3 is 20.5 Å². The molecule has 0 radical (unpaired) electrons. The highest BCUT2D eigenvalue weighted by Crippen LogP contribution is 2.45. The van der Waals surface area contributed by atoms with Gasteiger partial charge in [-0.2, -0.15) is 0 Å². The second-order valence-electron chi connectivity index (χ2n) is 12.4. The number of aliphatic carboxylic acids is 1. The molecule has 0 bridgehead atoms. The number of nitrogens with one attached hydrogen (secondary N) is 2. The molecule has 7 rings (SSSR count). The molecule has 6 aromatic rings. The minimum absolute atomic E-state index is 0.112. The molecule has 5 aromatic carbocycles. The summed E-state index contributed by atoms with van der Waals surface area (Å²) >= 11 is 0. The molecule has 1 aromatic heterocycles. The maximum absolute atomic E-state index is 12.9. The molecular weight excluding hydrogens is 624 g/mol. The van der Waals surface area contributed by atoms with Gasteiger partial charge in [0.05, 0.1) is 0 Å². The van der Waals surface area contributed by atoms with Crippen molar-refractivity contribution < 1.29 is 19.4 Å². The maximum atomic E-state index is 12.9. The van der Waals surface area contributed by atoms with Crippen LogP contribution in [0.15, 0.2) is 152 Å². The molecule has 1 heterocycles. The first-order valence-electron chi connectivity index (χ1n) is 16.9. The monoisotopic (exact) mass is 662 g/mol. The molecule has 1 amide bonds. The second kappa shape index (κ2) is 14.5. The largest absolute Gasteiger partial charge is 0.480 e. The van der Waals surface area contributed by atoms with Crippen molar-refractivity contribution in [1.29, 1.82) is 0 Å². The van der Waals surface area contributed by atoms with Crippen LogP contribution in [0, 0.1) is 0 Å². The zero-order chi connectivity index (χ0) is 34.3. The van der Waals surface area contributed by atoms with Crippen molar-refractivity contribution in [3.63, 3.8) is 0 Å². The number of alkyl carbamates (subject to hydrolysis) is 1. The molecule has 250 valence electrons. The molecule has 50 heavy (non-hydrogen) atoms. The lowest BCUT2D eigenvalue weighted by Crippen LogP contribution is -2.41. The average molecular weight is 663 g/mol. The Labute approximate surface area is 291 Å². The molecule has 8 nitrogen and oxygen atoms in total. The van der Waals surface area contributed by atoms with Gasteiger partial charge in [0.1, 0.15) is 18.2 Å². The Hall–Kier alpha value is -6.15. The number of hydrogen-bond donors (Lipinski definition) is 3. The number of carbonyl (C=O) groups is 2. The number of carboxylic acid groups (broad SMARTS) is 1. The number of carboxylic acids is 1. The van der Waals surface area contributed by atoms with E-state index in [0.29, 0.717) is 18.9 Å². The lowest BCUT2D eigenvalue weighted by molar-refractivity contribution is -0.139. The van der Waals surface area contributed by atoms with Crippen LogP contribution in [0.2, 0.25) is 0 Å². The van der Waals surface area contributed by atoms with Crippen LogP contribution in [0.3, 0.4) is 0 Å². The Kier molecular flexibility index (Phi) is 9.42. The Morgan fingerprint density at radius 3 is 1.76 bits per heavy atom. The predicted molar refractivity (Wildman–Crippen MR) is 194 cm³/mol. The number of nitrogens with zero attached hydrogens (tertiary/aromatic N) is 2. The van der Waals surface area contributed by atoms with Gasteiger partial charge in [0.25, 0.3) is 0 Å². The first kappa shape index (κ1) is 32.4. The number of aromatic nitrogens is 2. The second-order valence-corrected chi connectivity index (χ2v) is 12.4. The van der Waals surface area contributed by atoms with Gasteiger partial charge in [-0.3, -0.25) is 4.57 Å². The number of hydrogen-bond acceptors (Lipinski definition) is 5. The predicted octanol–water partition coefficient (Wildman–Crippen LogP) is 7.91. The fourth-order valence-electron chi connectivity index (χ4n) is 7.21. The topological polar surface area (TPSA) is 105 Å². The van der Waals surface area contributed by atoms with Crippen molar-refractivity contribution in [2.24, 2.45) is 0 Å². The number of carbonyl (C=O) groups excluding carboxylic acids is 1. The number of amides is 1. The number of benzene rings is 5. The Morgan fingerprint density at radius 2 is 1.24 bits per heavy atom. The van der Waals surface area contributed by atoms with Gasteiger partial charge in [-0.25, -0.2) is 14.6 Å². The summed E-state index contributed by atoms with van der Waals surface area (Å²) in [6, 6.07) is 46.0. The van der Waals surface area contributed by atoms with E-state index < -0.39 is 23.6 Å². The Bertz CT molecular complexity index is 1920. The van der Waals surface area contributed by atoms with Crippen LogP contribution < -0.4 is 10.6 Å². The summed E-state index contributed by atoms with van der Waals surface area (Å²) in [4.78, 5) is 29.8. The summed E-state index contributed by atoms with van der Waals surface area (Å²) in [6.07, 6.45) is 3.65. The molecule has 0 aliphatic heterocycles. The fourth-order valence-corrected chi connectivity index (χ4v) is 7.21. The summed E-state index contributed by atoms with van der Waals surface area (Å²) < 4.78 is 7.76. The lowest BCUT2D eigenvalue weighted by Gasteiger charge is -2.38. The van der Waals surface area contributed by atoms with Crippen molar-refractivity contribution in [2.75, 3.05) is 18.5 Å². The van der Waals surface area contributed by atoms with Gasteiger partial charge in [0.2, 0.25) is 5.95 Å². The van der Waals surface area contributed by atoms with Crippen LogP contribution in [-0.2, 0) is 15.1 Å². The highest BCUT2D eigenvalue weighted by Gasteiger charge is 2.39. The standard InChI is InChI=1S/C42H38N4O4/c47-39(48)38(45-41(49)50-29-37-35-23-12-10-21-33(35)34-22-11-13-24-36(34)37)25-14-26-43-40-44-27-28-46(40)42(30-15-4-1-5-16-30,31-17-6-2-7-18-31)32-19-8-3-9-20-32/h1-13,15-24,27-28,37-38H,14,25-26,29H2,(H,43,44)(H,45,49)(H,47,48)/t38-/m0/s1. The molecule has 0 saturated heterocycles. The number of fused-ring (bicyclic) bond motifs is 3. The van der Waals surface area contributed by atoms with Gasteiger partial charge in [-0.1, -0.05) is 140 Å². The smallest absolute Gasteiger partial charge is 0.407 e. The molecular formula is C42H38N4O4. The third kappa shape index (κ3) is 6.23. The lowest BCUT2D eigenvalue weighted by atomic mass is 9.76. The quantitative estimate of drug-likeness (QED) is 0.0858. The number of anilines is 1. The van der Waals surface area contributed by atoms with Crippen LogP contribution in [0.1, 0.15) is 46.6 Å². The van der Waals surface area contributed by atoms with Gasteiger partial charge in [0, 0.05) is 24.9 Å². The Morgan fingerprint density at radius 1 is 0.740 bits per heavy atom. The van der Waals surface area contributed by atoms with E-state index in [4.69, 9.17) is 9.72 Å². The molecule has 1 atom stereocenters. The first-order valence-corrected chi connectivity index (χ1v) is 16.9. The van der Waals surface area contributed by atoms with Gasteiger partial charge in [0.15, 0.2) is 0 Å². The summed E-state index contributed by atoms with van der Waals surface area (Å²) in [7, 11) is 0. The van der Waals surface area contributed by atoms with Crippen molar-refractivity contribution in [3.05, 3.63) is 180 Å². The van der Waals surface area contributed by atoms with Crippen LogP contribution >= 0.6 is 0 Å². The van der Waals surface area contributed by atoms with E-state index in [9.17, 15) is 14.7 Å². The van der Waals surface area contributed by atoms with E-state index in [-0.39, 0.29) is 18.9 Å². The highest BCUT2D eigenvalue weighted by molar-refractivity contribution is 5.81. The summed E-state index contributed by atoms with van der Waals surface area (Å²) in [6.45, 7) is 0.546. The van der Waals surface area contributed by atoms with Crippen molar-refractivity contribution in [1.82, 2.24) is 14.9 Å². The molecule has 8 heteroatoms.